The molecule has 1 aliphatic carbocycles. The highest BCUT2D eigenvalue weighted by molar-refractivity contribution is 9.10. The smallest absolute Gasteiger partial charge is 0.254 e. The summed E-state index contributed by atoms with van der Waals surface area (Å²) >= 11 is 3.50. The molecule has 3 aromatic rings. The summed E-state index contributed by atoms with van der Waals surface area (Å²) in [5.74, 6) is 1.27. The lowest BCUT2D eigenvalue weighted by molar-refractivity contribution is 0.0608. The van der Waals surface area contributed by atoms with Gasteiger partial charge < -0.3 is 18.9 Å². The van der Waals surface area contributed by atoms with E-state index in [1.54, 1.807) is 20.3 Å². The summed E-state index contributed by atoms with van der Waals surface area (Å²) in [6, 6.07) is 18.2. The van der Waals surface area contributed by atoms with E-state index in [2.05, 4.69) is 68.0 Å². The summed E-state index contributed by atoms with van der Waals surface area (Å²) < 4.78 is 14.1. The molecule has 174 valence electrons. The number of hydrogen-bond donors (Lipinski definition) is 0. The van der Waals surface area contributed by atoms with Gasteiger partial charge in [0, 0.05) is 40.6 Å². The maximum atomic E-state index is 13.8. The number of methoxy groups -OCH3 is 2. The van der Waals surface area contributed by atoms with Crippen molar-refractivity contribution in [1.82, 2.24) is 9.47 Å². The Morgan fingerprint density at radius 2 is 1.67 bits per heavy atom. The van der Waals surface area contributed by atoms with Crippen LogP contribution in [0.1, 0.15) is 53.7 Å². The molecule has 0 unspecified atom stereocenters. The Morgan fingerprint density at radius 1 is 1.00 bits per heavy atom. The topological polar surface area (TPSA) is 43.7 Å². The van der Waals surface area contributed by atoms with E-state index in [0.717, 1.165) is 42.4 Å². The highest BCUT2D eigenvalue weighted by Crippen LogP contribution is 2.29. The predicted octanol–water partition coefficient (Wildman–Crippen LogP) is 6.29. The van der Waals surface area contributed by atoms with Crippen molar-refractivity contribution in [3.8, 4) is 11.5 Å². The van der Waals surface area contributed by atoms with Gasteiger partial charge in [0.2, 0.25) is 0 Å². The second-order valence-electron chi connectivity index (χ2n) is 8.58. The lowest BCUT2D eigenvalue weighted by Gasteiger charge is -2.35. The first-order valence-electron chi connectivity index (χ1n) is 11.5. The Balaban J connectivity index is 1.62. The minimum Gasteiger partial charge on any atom is -0.497 e. The maximum Gasteiger partial charge on any atom is 0.254 e. The van der Waals surface area contributed by atoms with Gasteiger partial charge >= 0.3 is 0 Å². The number of carbonyl (C=O) groups is 1. The predicted molar refractivity (Wildman–Crippen MR) is 134 cm³/mol. The van der Waals surface area contributed by atoms with Gasteiger partial charge in [-0.05, 0) is 54.8 Å². The number of halogens is 1. The molecule has 0 saturated heterocycles. The Morgan fingerprint density at radius 3 is 2.30 bits per heavy atom. The Hall–Kier alpha value is -2.73. The van der Waals surface area contributed by atoms with Crippen molar-refractivity contribution >= 4 is 21.8 Å². The van der Waals surface area contributed by atoms with E-state index >= 15 is 0 Å². The van der Waals surface area contributed by atoms with E-state index in [4.69, 9.17) is 9.47 Å². The summed E-state index contributed by atoms with van der Waals surface area (Å²) in [5, 5.41) is 0. The van der Waals surface area contributed by atoms with Gasteiger partial charge in [0.05, 0.1) is 20.8 Å². The molecule has 0 aliphatic heterocycles. The third-order valence-electron chi connectivity index (χ3n) is 6.40. The van der Waals surface area contributed by atoms with Crippen molar-refractivity contribution in [2.45, 2.75) is 51.2 Å². The molecule has 0 N–H and O–H groups in total. The van der Waals surface area contributed by atoms with Crippen LogP contribution in [0.2, 0.25) is 0 Å². The van der Waals surface area contributed by atoms with Crippen molar-refractivity contribution in [3.63, 3.8) is 0 Å². The van der Waals surface area contributed by atoms with E-state index in [-0.39, 0.29) is 11.9 Å². The summed E-state index contributed by atoms with van der Waals surface area (Å²) in [7, 11) is 3.22. The van der Waals surface area contributed by atoms with E-state index in [1.807, 2.05) is 12.1 Å². The minimum absolute atomic E-state index is 0.0236. The van der Waals surface area contributed by atoms with Gasteiger partial charge in [-0.1, -0.05) is 47.3 Å². The summed E-state index contributed by atoms with van der Waals surface area (Å²) in [4.78, 5) is 15.9. The molecule has 5 nitrogen and oxygen atoms in total. The Labute approximate surface area is 204 Å². The number of benzene rings is 2. The lowest BCUT2D eigenvalue weighted by Crippen LogP contribution is -2.41. The maximum absolute atomic E-state index is 13.8. The van der Waals surface area contributed by atoms with Crippen molar-refractivity contribution in [3.05, 3.63) is 82.1 Å². The van der Waals surface area contributed by atoms with Crippen LogP contribution in [0.25, 0.3) is 0 Å². The highest BCUT2D eigenvalue weighted by atomic mass is 79.9. The molecule has 1 fully saturated rings. The minimum atomic E-state index is 0.0236. The zero-order valence-corrected chi connectivity index (χ0v) is 20.9. The number of aromatic nitrogens is 1. The van der Waals surface area contributed by atoms with Crippen LogP contribution in [0.5, 0.6) is 11.5 Å². The van der Waals surface area contributed by atoms with Crippen LogP contribution < -0.4 is 9.47 Å². The molecule has 33 heavy (non-hydrogen) atoms. The lowest BCUT2D eigenvalue weighted by atomic mass is 9.93. The fourth-order valence-electron chi connectivity index (χ4n) is 4.56. The van der Waals surface area contributed by atoms with Gasteiger partial charge in [0.15, 0.2) is 0 Å². The van der Waals surface area contributed by atoms with Crippen LogP contribution in [-0.4, -0.2) is 35.6 Å². The first kappa shape index (κ1) is 23.4. The van der Waals surface area contributed by atoms with Crippen LogP contribution in [0.4, 0.5) is 0 Å². The molecule has 0 bridgehead atoms. The molecule has 1 heterocycles. The monoisotopic (exact) mass is 510 g/mol. The largest absolute Gasteiger partial charge is 0.497 e. The average Bonchev–Trinajstić information content (AvgIpc) is 3.30. The fourth-order valence-corrected chi connectivity index (χ4v) is 4.83. The normalized spacial score (nSPS) is 14.2. The van der Waals surface area contributed by atoms with Crippen LogP contribution >= 0.6 is 15.9 Å². The molecule has 0 spiro atoms. The zero-order chi connectivity index (χ0) is 23.2. The molecule has 1 saturated carbocycles. The van der Waals surface area contributed by atoms with Crippen molar-refractivity contribution in [2.75, 3.05) is 14.2 Å². The summed E-state index contributed by atoms with van der Waals surface area (Å²) in [6.45, 7) is 1.35. The molecular weight excluding hydrogens is 480 g/mol. The molecule has 1 aliphatic rings. The third-order valence-corrected chi connectivity index (χ3v) is 6.93. The highest BCUT2D eigenvalue weighted by Gasteiger charge is 2.28. The van der Waals surface area contributed by atoms with Gasteiger partial charge in [0.1, 0.15) is 11.5 Å². The second kappa shape index (κ2) is 10.9. The Kier molecular flexibility index (Phi) is 7.76. The molecule has 1 amide bonds. The van der Waals surface area contributed by atoms with Crippen LogP contribution in [0.3, 0.4) is 0 Å². The van der Waals surface area contributed by atoms with Gasteiger partial charge in [0.25, 0.3) is 5.91 Å². The van der Waals surface area contributed by atoms with Gasteiger partial charge in [-0.25, -0.2) is 0 Å². The molecular formula is C27H31BrN2O3. The van der Waals surface area contributed by atoms with Crippen molar-refractivity contribution in [1.29, 1.82) is 0 Å². The first-order valence-corrected chi connectivity index (χ1v) is 12.3. The van der Waals surface area contributed by atoms with E-state index in [9.17, 15) is 4.79 Å². The van der Waals surface area contributed by atoms with E-state index in [0.29, 0.717) is 23.6 Å². The number of nitrogens with zero attached hydrogens (tertiary/aromatic N) is 2. The molecule has 1 aromatic heterocycles. The van der Waals surface area contributed by atoms with Gasteiger partial charge in [-0.15, -0.1) is 0 Å². The van der Waals surface area contributed by atoms with Crippen LogP contribution in [0.15, 0.2) is 65.3 Å². The third kappa shape index (κ3) is 5.80. The second-order valence-corrected chi connectivity index (χ2v) is 9.50. The molecule has 4 rings (SSSR count). The molecule has 2 aromatic carbocycles. The Bertz CT molecular complexity index is 1050. The quantitative estimate of drug-likeness (QED) is 0.357. The van der Waals surface area contributed by atoms with Crippen molar-refractivity contribution < 1.29 is 14.3 Å². The van der Waals surface area contributed by atoms with E-state index in [1.165, 1.54) is 12.0 Å². The van der Waals surface area contributed by atoms with Gasteiger partial charge in [-0.3, -0.25) is 4.79 Å². The number of rotatable bonds is 8. The standard InChI is InChI=1S/C27H31BrN2O3/c1-32-25-15-21(16-26(17-25)33-2)27(31)30(23-7-4-3-5-8-23)19-24-9-6-14-29(24)18-20-10-12-22(28)13-11-20/h6,9-17,23H,3-5,7-8,18-19H2,1-2H3. The zero-order valence-electron chi connectivity index (χ0n) is 19.3. The number of ether oxygens (including phenoxy) is 2. The SMILES string of the molecule is COc1cc(OC)cc(C(=O)N(Cc2cccn2Cc2ccc(Br)cc2)C2CCCCC2)c1. The number of hydrogen-bond acceptors (Lipinski definition) is 3. The molecule has 0 radical (unpaired) electrons. The summed E-state index contributed by atoms with van der Waals surface area (Å²) in [5.41, 5.74) is 2.96. The van der Waals surface area contributed by atoms with Crippen LogP contribution in [0, 0.1) is 0 Å². The average molecular weight is 511 g/mol. The molecule has 6 heteroatoms. The molecule has 0 atom stereocenters. The first-order chi connectivity index (χ1) is 16.1. The number of carbonyl (C=O) groups excluding carboxylic acids is 1. The van der Waals surface area contributed by atoms with Crippen LogP contribution in [-0.2, 0) is 13.1 Å². The summed E-state index contributed by atoms with van der Waals surface area (Å²) in [6.07, 6.45) is 7.74. The van der Waals surface area contributed by atoms with E-state index < -0.39 is 0 Å². The number of amides is 1. The van der Waals surface area contributed by atoms with Crippen molar-refractivity contribution in [2.24, 2.45) is 0 Å². The van der Waals surface area contributed by atoms with Gasteiger partial charge in [-0.2, -0.15) is 0 Å². The fraction of sp³-hybridized carbons (Fsp3) is 0.370.